The molecule has 2 aromatic heterocycles. The van der Waals surface area contributed by atoms with Gasteiger partial charge >= 0.3 is 0 Å². The van der Waals surface area contributed by atoms with Crippen molar-refractivity contribution in [2.75, 3.05) is 45.3 Å². The molecule has 0 radical (unpaired) electrons. The van der Waals surface area contributed by atoms with E-state index in [-0.39, 0.29) is 5.91 Å². The highest BCUT2D eigenvalue weighted by atomic mass is 16.5. The third-order valence-electron chi connectivity index (χ3n) is 5.99. The number of ether oxygens (including phenoxy) is 2. The van der Waals surface area contributed by atoms with Crippen LogP contribution >= 0.6 is 0 Å². The van der Waals surface area contributed by atoms with Gasteiger partial charge in [0.05, 0.1) is 31.8 Å². The van der Waals surface area contributed by atoms with E-state index in [0.717, 1.165) is 41.5 Å². The minimum absolute atomic E-state index is 0.0556. The van der Waals surface area contributed by atoms with Gasteiger partial charge in [-0.1, -0.05) is 24.3 Å². The minimum Gasteiger partial charge on any atom is -0.497 e. The van der Waals surface area contributed by atoms with Crippen molar-refractivity contribution in [2.24, 2.45) is 0 Å². The molecule has 1 aliphatic rings. The number of piperazine rings is 1. The molecule has 33 heavy (non-hydrogen) atoms. The molecule has 1 amide bonds. The Labute approximate surface area is 192 Å². The zero-order valence-corrected chi connectivity index (χ0v) is 18.6. The normalized spacial score (nSPS) is 13.9. The molecule has 8 heteroatoms. The molecule has 3 heterocycles. The zero-order chi connectivity index (χ0) is 22.8. The van der Waals surface area contributed by atoms with Crippen molar-refractivity contribution >= 4 is 17.2 Å². The van der Waals surface area contributed by atoms with Gasteiger partial charge in [0.25, 0.3) is 5.91 Å². The summed E-state index contributed by atoms with van der Waals surface area (Å²) in [6.45, 7) is 2.69. The molecule has 0 spiro atoms. The number of rotatable bonds is 5. The molecule has 1 saturated heterocycles. The number of para-hydroxylation sites is 2. The van der Waals surface area contributed by atoms with Crippen LogP contribution in [0, 0.1) is 0 Å². The average molecular weight is 444 g/mol. The van der Waals surface area contributed by atoms with Crippen molar-refractivity contribution in [3.05, 3.63) is 72.6 Å². The second kappa shape index (κ2) is 8.82. The second-order valence-electron chi connectivity index (χ2n) is 7.81. The molecule has 168 valence electrons. The Bertz CT molecular complexity index is 1290. The molecule has 0 N–H and O–H groups in total. The van der Waals surface area contributed by atoms with Gasteiger partial charge < -0.3 is 19.3 Å². The Morgan fingerprint density at radius 2 is 1.76 bits per heavy atom. The van der Waals surface area contributed by atoms with E-state index >= 15 is 0 Å². The number of anilines is 1. The number of amides is 1. The second-order valence-corrected chi connectivity index (χ2v) is 7.81. The molecule has 0 atom stereocenters. The SMILES string of the molecule is COc1cccc(-c2ccnc3c(C(=O)N4CCN(c5ccccc5OC)CC4)cnn23)c1. The van der Waals surface area contributed by atoms with Gasteiger partial charge in [-0.3, -0.25) is 4.79 Å². The predicted molar refractivity (Wildman–Crippen MR) is 126 cm³/mol. The van der Waals surface area contributed by atoms with Crippen LogP contribution in [0.3, 0.4) is 0 Å². The molecule has 0 bridgehead atoms. The van der Waals surface area contributed by atoms with Crippen molar-refractivity contribution in [2.45, 2.75) is 0 Å². The van der Waals surface area contributed by atoms with E-state index in [4.69, 9.17) is 9.47 Å². The molecule has 4 aromatic rings. The number of methoxy groups -OCH3 is 2. The Balaban J connectivity index is 1.38. The first-order valence-electron chi connectivity index (χ1n) is 10.8. The topological polar surface area (TPSA) is 72.2 Å². The van der Waals surface area contributed by atoms with Gasteiger partial charge in [-0.2, -0.15) is 5.10 Å². The van der Waals surface area contributed by atoms with Crippen molar-refractivity contribution < 1.29 is 14.3 Å². The molecule has 5 rings (SSSR count). The lowest BCUT2D eigenvalue weighted by Gasteiger charge is -2.36. The van der Waals surface area contributed by atoms with Crippen LogP contribution in [-0.4, -0.2) is 65.8 Å². The summed E-state index contributed by atoms with van der Waals surface area (Å²) in [7, 11) is 3.32. The van der Waals surface area contributed by atoms with E-state index in [9.17, 15) is 4.79 Å². The monoisotopic (exact) mass is 443 g/mol. The summed E-state index contributed by atoms with van der Waals surface area (Å²) < 4.78 is 12.6. The maximum absolute atomic E-state index is 13.4. The first-order chi connectivity index (χ1) is 16.2. The number of benzene rings is 2. The quantitative estimate of drug-likeness (QED) is 0.471. The summed E-state index contributed by atoms with van der Waals surface area (Å²) in [4.78, 5) is 21.9. The van der Waals surface area contributed by atoms with Crippen molar-refractivity contribution in [1.29, 1.82) is 0 Å². The van der Waals surface area contributed by atoms with Crippen LogP contribution in [-0.2, 0) is 0 Å². The maximum atomic E-state index is 13.4. The van der Waals surface area contributed by atoms with Gasteiger partial charge in [0, 0.05) is 37.9 Å². The number of hydrogen-bond acceptors (Lipinski definition) is 6. The van der Waals surface area contributed by atoms with Gasteiger partial charge in [-0.25, -0.2) is 9.50 Å². The Morgan fingerprint density at radius 3 is 2.55 bits per heavy atom. The number of carbonyl (C=O) groups is 1. The van der Waals surface area contributed by atoms with Crippen LogP contribution in [0.2, 0.25) is 0 Å². The maximum Gasteiger partial charge on any atom is 0.259 e. The van der Waals surface area contributed by atoms with Crippen LogP contribution < -0.4 is 14.4 Å². The molecule has 8 nitrogen and oxygen atoms in total. The summed E-state index contributed by atoms with van der Waals surface area (Å²) in [5.41, 5.74) is 3.89. The van der Waals surface area contributed by atoms with Gasteiger partial charge in [0.2, 0.25) is 0 Å². The number of nitrogens with zero attached hydrogens (tertiary/aromatic N) is 5. The molecule has 0 saturated carbocycles. The predicted octanol–water partition coefficient (Wildman–Crippen LogP) is 3.38. The van der Waals surface area contributed by atoms with Crippen LogP contribution in [0.5, 0.6) is 11.5 Å². The van der Waals surface area contributed by atoms with Gasteiger partial charge in [-0.05, 0) is 30.3 Å². The van der Waals surface area contributed by atoms with Crippen LogP contribution in [0.25, 0.3) is 16.9 Å². The highest BCUT2D eigenvalue weighted by molar-refractivity contribution is 6.00. The molecule has 0 unspecified atom stereocenters. The summed E-state index contributed by atoms with van der Waals surface area (Å²) in [5, 5.41) is 4.49. The van der Waals surface area contributed by atoms with Crippen molar-refractivity contribution in [3.63, 3.8) is 0 Å². The number of fused-ring (bicyclic) bond motifs is 1. The van der Waals surface area contributed by atoms with E-state index in [1.165, 1.54) is 0 Å². The van der Waals surface area contributed by atoms with Gasteiger partial charge in [0.1, 0.15) is 17.1 Å². The lowest BCUT2D eigenvalue weighted by molar-refractivity contribution is 0.0748. The average Bonchev–Trinajstić information content (AvgIpc) is 3.32. The fraction of sp³-hybridized carbons (Fsp3) is 0.240. The standard InChI is InChI=1S/C25H25N5O3/c1-32-19-7-5-6-18(16-19)21-10-11-26-24-20(17-27-30(21)24)25(31)29-14-12-28(13-15-29)22-8-3-4-9-23(22)33-2/h3-11,16-17H,12-15H2,1-2H3. The third-order valence-corrected chi connectivity index (χ3v) is 5.99. The van der Waals surface area contributed by atoms with E-state index in [0.29, 0.717) is 24.3 Å². The fourth-order valence-electron chi connectivity index (χ4n) is 4.26. The zero-order valence-electron chi connectivity index (χ0n) is 18.6. The van der Waals surface area contributed by atoms with E-state index in [1.807, 2.05) is 59.5 Å². The highest BCUT2D eigenvalue weighted by Gasteiger charge is 2.26. The van der Waals surface area contributed by atoms with Gasteiger partial charge in [0.15, 0.2) is 5.65 Å². The fourth-order valence-corrected chi connectivity index (χ4v) is 4.26. The van der Waals surface area contributed by atoms with Crippen LogP contribution in [0.15, 0.2) is 67.0 Å². The van der Waals surface area contributed by atoms with Crippen molar-refractivity contribution in [3.8, 4) is 22.8 Å². The molecule has 0 aliphatic carbocycles. The Hall–Kier alpha value is -4.07. The summed E-state index contributed by atoms with van der Waals surface area (Å²) in [5.74, 6) is 1.54. The van der Waals surface area contributed by atoms with Crippen LogP contribution in [0.1, 0.15) is 10.4 Å². The molecule has 1 aliphatic heterocycles. The van der Waals surface area contributed by atoms with E-state index in [1.54, 1.807) is 31.1 Å². The number of hydrogen-bond donors (Lipinski definition) is 0. The first-order valence-corrected chi connectivity index (χ1v) is 10.8. The van der Waals surface area contributed by atoms with Crippen LogP contribution in [0.4, 0.5) is 5.69 Å². The summed E-state index contributed by atoms with van der Waals surface area (Å²) in [6, 6.07) is 17.6. The largest absolute Gasteiger partial charge is 0.497 e. The Kier molecular flexibility index (Phi) is 5.56. The summed E-state index contributed by atoms with van der Waals surface area (Å²) in [6.07, 6.45) is 3.32. The smallest absolute Gasteiger partial charge is 0.259 e. The molecule has 1 fully saturated rings. The number of aromatic nitrogens is 3. The van der Waals surface area contributed by atoms with Gasteiger partial charge in [-0.15, -0.1) is 0 Å². The van der Waals surface area contributed by atoms with E-state index < -0.39 is 0 Å². The molecular formula is C25H25N5O3. The summed E-state index contributed by atoms with van der Waals surface area (Å²) >= 11 is 0. The lowest BCUT2D eigenvalue weighted by Crippen LogP contribution is -2.48. The van der Waals surface area contributed by atoms with Crippen molar-refractivity contribution in [1.82, 2.24) is 19.5 Å². The highest BCUT2D eigenvalue weighted by Crippen LogP contribution is 2.29. The molecular weight excluding hydrogens is 418 g/mol. The third kappa shape index (κ3) is 3.84. The lowest BCUT2D eigenvalue weighted by atomic mass is 10.1. The van der Waals surface area contributed by atoms with E-state index in [2.05, 4.69) is 15.0 Å². The first kappa shape index (κ1) is 20.8. The number of carbonyl (C=O) groups excluding carboxylic acids is 1. The minimum atomic E-state index is -0.0556. The Morgan fingerprint density at radius 1 is 0.939 bits per heavy atom. The molecule has 2 aromatic carbocycles.